The van der Waals surface area contributed by atoms with Gasteiger partial charge in [-0.3, -0.25) is 4.79 Å². The molecule has 0 spiro atoms. The lowest BCUT2D eigenvalue weighted by Gasteiger charge is -2.26. The fourth-order valence-corrected chi connectivity index (χ4v) is 2.59. The van der Waals surface area contributed by atoms with Crippen molar-refractivity contribution >= 4 is 16.9 Å². The number of hydrogen-bond acceptors (Lipinski definition) is 4. The Hall–Kier alpha value is -2.01. The van der Waals surface area contributed by atoms with Crippen LogP contribution in [0.2, 0.25) is 0 Å². The summed E-state index contributed by atoms with van der Waals surface area (Å²) in [6.45, 7) is 4.75. The number of nitrogens with one attached hydrogen (secondary N) is 1. The molecule has 1 aromatic carbocycles. The maximum Gasteiger partial charge on any atom is 0.310 e. The van der Waals surface area contributed by atoms with E-state index in [1.807, 2.05) is 38.1 Å². The predicted octanol–water partition coefficient (Wildman–Crippen LogP) is 3.42. The number of rotatable bonds is 8. The molecule has 5 heteroatoms. The minimum absolute atomic E-state index is 0.426. The SMILES string of the molecule is CCC(CC)(CNCc1cc2cc(OC)ccc2o1)C(=O)O. The molecule has 0 aliphatic rings. The van der Waals surface area contributed by atoms with Crippen LogP contribution in [0, 0.1) is 5.41 Å². The third-order valence-corrected chi connectivity index (χ3v) is 4.34. The Balaban J connectivity index is 2.04. The second-order valence-electron chi connectivity index (χ2n) is 5.51. The van der Waals surface area contributed by atoms with Crippen molar-refractivity contribution in [3.63, 3.8) is 0 Å². The van der Waals surface area contributed by atoms with Crippen molar-refractivity contribution in [1.82, 2.24) is 5.32 Å². The van der Waals surface area contributed by atoms with Gasteiger partial charge < -0.3 is 19.6 Å². The highest BCUT2D eigenvalue weighted by atomic mass is 16.5. The zero-order valence-electron chi connectivity index (χ0n) is 13.3. The maximum absolute atomic E-state index is 11.5. The summed E-state index contributed by atoms with van der Waals surface area (Å²) in [5.74, 6) is 0.823. The second kappa shape index (κ2) is 6.83. The van der Waals surface area contributed by atoms with Gasteiger partial charge >= 0.3 is 5.97 Å². The summed E-state index contributed by atoms with van der Waals surface area (Å²) in [5.41, 5.74) is 0.0861. The topological polar surface area (TPSA) is 71.7 Å². The Bertz CT molecular complexity index is 643. The van der Waals surface area contributed by atoms with E-state index in [9.17, 15) is 9.90 Å². The molecule has 0 aliphatic carbocycles. The van der Waals surface area contributed by atoms with Crippen LogP contribution in [-0.2, 0) is 11.3 Å². The van der Waals surface area contributed by atoms with Crippen molar-refractivity contribution in [3.05, 3.63) is 30.0 Å². The minimum Gasteiger partial charge on any atom is -0.497 e. The third kappa shape index (κ3) is 3.25. The number of furan rings is 1. The van der Waals surface area contributed by atoms with Crippen LogP contribution < -0.4 is 10.1 Å². The van der Waals surface area contributed by atoms with Crippen LogP contribution in [-0.4, -0.2) is 24.7 Å². The molecule has 2 rings (SSSR count). The van der Waals surface area contributed by atoms with Crippen LogP contribution in [0.5, 0.6) is 5.75 Å². The number of aliphatic carboxylic acids is 1. The number of methoxy groups -OCH3 is 1. The zero-order valence-corrected chi connectivity index (χ0v) is 13.3. The first kappa shape index (κ1) is 16.4. The molecule has 0 atom stereocenters. The van der Waals surface area contributed by atoms with E-state index >= 15 is 0 Å². The lowest BCUT2D eigenvalue weighted by molar-refractivity contribution is -0.149. The molecule has 0 amide bonds. The van der Waals surface area contributed by atoms with E-state index in [0.29, 0.717) is 25.9 Å². The normalized spacial score (nSPS) is 11.8. The molecular weight excluding hydrogens is 282 g/mol. The Morgan fingerprint density at radius 2 is 2.05 bits per heavy atom. The maximum atomic E-state index is 11.5. The Kier molecular flexibility index (Phi) is 5.08. The van der Waals surface area contributed by atoms with Crippen LogP contribution in [0.25, 0.3) is 11.0 Å². The lowest BCUT2D eigenvalue weighted by Crippen LogP contribution is -2.39. The lowest BCUT2D eigenvalue weighted by atomic mass is 9.82. The summed E-state index contributed by atoms with van der Waals surface area (Å²) in [6.07, 6.45) is 1.20. The van der Waals surface area contributed by atoms with E-state index < -0.39 is 11.4 Å². The summed E-state index contributed by atoms with van der Waals surface area (Å²) in [4.78, 5) is 11.5. The fraction of sp³-hybridized carbons (Fsp3) is 0.471. The van der Waals surface area contributed by atoms with Crippen LogP contribution in [0.4, 0.5) is 0 Å². The van der Waals surface area contributed by atoms with Crippen molar-refractivity contribution < 1.29 is 19.1 Å². The average Bonchev–Trinajstić information content (AvgIpc) is 2.93. The average molecular weight is 305 g/mol. The monoisotopic (exact) mass is 305 g/mol. The summed E-state index contributed by atoms with van der Waals surface area (Å²) in [5, 5.41) is 13.6. The number of ether oxygens (including phenoxy) is 1. The van der Waals surface area contributed by atoms with E-state index in [1.165, 1.54) is 0 Å². The number of carboxylic acid groups (broad SMARTS) is 1. The summed E-state index contributed by atoms with van der Waals surface area (Å²) in [6, 6.07) is 7.59. The zero-order chi connectivity index (χ0) is 16.2. The first-order valence-electron chi connectivity index (χ1n) is 7.55. The van der Waals surface area contributed by atoms with E-state index in [2.05, 4.69) is 5.32 Å². The van der Waals surface area contributed by atoms with E-state index in [1.54, 1.807) is 7.11 Å². The second-order valence-corrected chi connectivity index (χ2v) is 5.51. The molecule has 2 N–H and O–H groups in total. The van der Waals surface area contributed by atoms with Gasteiger partial charge in [0.05, 0.1) is 19.1 Å². The largest absolute Gasteiger partial charge is 0.497 e. The van der Waals surface area contributed by atoms with E-state index in [0.717, 1.165) is 22.5 Å². The Labute approximate surface area is 130 Å². The van der Waals surface area contributed by atoms with Gasteiger partial charge in [-0.25, -0.2) is 0 Å². The van der Waals surface area contributed by atoms with Gasteiger partial charge in [0.2, 0.25) is 0 Å². The molecule has 0 fully saturated rings. The summed E-state index contributed by atoms with van der Waals surface area (Å²) < 4.78 is 10.9. The molecule has 2 aromatic rings. The number of fused-ring (bicyclic) bond motifs is 1. The van der Waals surface area contributed by atoms with Crippen molar-refractivity contribution in [1.29, 1.82) is 0 Å². The van der Waals surface area contributed by atoms with Gasteiger partial charge in [-0.15, -0.1) is 0 Å². The number of benzene rings is 1. The van der Waals surface area contributed by atoms with E-state index in [-0.39, 0.29) is 0 Å². The van der Waals surface area contributed by atoms with Gasteiger partial charge in [0.25, 0.3) is 0 Å². The third-order valence-electron chi connectivity index (χ3n) is 4.34. The standard InChI is InChI=1S/C17H23NO4/c1-4-17(5-2,16(19)20)11-18-10-14-9-12-8-13(21-3)6-7-15(12)22-14/h6-9,18H,4-5,10-11H2,1-3H3,(H,19,20). The molecule has 1 heterocycles. The molecule has 0 bridgehead atoms. The number of carbonyl (C=O) groups is 1. The van der Waals surface area contributed by atoms with Crippen LogP contribution in [0.15, 0.2) is 28.7 Å². The van der Waals surface area contributed by atoms with Gasteiger partial charge in [-0.05, 0) is 37.1 Å². The van der Waals surface area contributed by atoms with Gasteiger partial charge in [-0.2, -0.15) is 0 Å². The minimum atomic E-state index is -0.751. The first-order chi connectivity index (χ1) is 10.5. The van der Waals surface area contributed by atoms with Crippen molar-refractivity contribution in [2.24, 2.45) is 5.41 Å². The van der Waals surface area contributed by atoms with E-state index in [4.69, 9.17) is 9.15 Å². The molecule has 0 saturated heterocycles. The predicted molar refractivity (Wildman–Crippen MR) is 85.1 cm³/mol. The highest BCUT2D eigenvalue weighted by Gasteiger charge is 2.34. The van der Waals surface area contributed by atoms with Gasteiger partial charge in [0, 0.05) is 11.9 Å². The van der Waals surface area contributed by atoms with Gasteiger partial charge in [-0.1, -0.05) is 13.8 Å². The Morgan fingerprint density at radius 1 is 1.32 bits per heavy atom. The van der Waals surface area contributed by atoms with Gasteiger partial charge in [0.1, 0.15) is 17.1 Å². The Morgan fingerprint density at radius 3 is 2.64 bits per heavy atom. The molecule has 1 aromatic heterocycles. The quantitative estimate of drug-likeness (QED) is 0.782. The molecule has 5 nitrogen and oxygen atoms in total. The molecule has 0 saturated carbocycles. The van der Waals surface area contributed by atoms with Crippen molar-refractivity contribution in [2.75, 3.05) is 13.7 Å². The van der Waals surface area contributed by atoms with Crippen LogP contribution in [0.1, 0.15) is 32.4 Å². The summed E-state index contributed by atoms with van der Waals surface area (Å²) in [7, 11) is 1.63. The number of carboxylic acids is 1. The van der Waals surface area contributed by atoms with Crippen LogP contribution in [0.3, 0.4) is 0 Å². The molecule has 0 radical (unpaired) electrons. The van der Waals surface area contributed by atoms with Crippen molar-refractivity contribution in [3.8, 4) is 5.75 Å². The molecular formula is C17H23NO4. The first-order valence-corrected chi connectivity index (χ1v) is 7.55. The number of hydrogen-bond donors (Lipinski definition) is 2. The fourth-order valence-electron chi connectivity index (χ4n) is 2.59. The smallest absolute Gasteiger partial charge is 0.310 e. The molecule has 0 aliphatic heterocycles. The molecule has 120 valence electrons. The molecule has 22 heavy (non-hydrogen) atoms. The summed E-state index contributed by atoms with van der Waals surface area (Å²) >= 11 is 0. The van der Waals surface area contributed by atoms with Gasteiger partial charge in [0.15, 0.2) is 0 Å². The highest BCUT2D eigenvalue weighted by Crippen LogP contribution is 2.27. The molecule has 0 unspecified atom stereocenters. The highest BCUT2D eigenvalue weighted by molar-refractivity contribution is 5.79. The van der Waals surface area contributed by atoms with Crippen LogP contribution >= 0.6 is 0 Å². The van der Waals surface area contributed by atoms with Crippen molar-refractivity contribution in [2.45, 2.75) is 33.2 Å².